The molecule has 2 fully saturated rings. The summed E-state index contributed by atoms with van der Waals surface area (Å²) in [5.74, 6) is 0.152. The average Bonchev–Trinajstić information content (AvgIpc) is 3.49. The van der Waals surface area contributed by atoms with Crippen molar-refractivity contribution in [2.75, 3.05) is 5.32 Å². The molecule has 0 radical (unpaired) electrons. The fourth-order valence-corrected chi connectivity index (χ4v) is 4.92. The topological polar surface area (TPSA) is 109 Å². The predicted molar refractivity (Wildman–Crippen MR) is 132 cm³/mol. The van der Waals surface area contributed by atoms with E-state index >= 15 is 0 Å². The van der Waals surface area contributed by atoms with Gasteiger partial charge in [-0.1, -0.05) is 18.2 Å². The van der Waals surface area contributed by atoms with Gasteiger partial charge in [0.25, 0.3) is 11.1 Å². The smallest absolute Gasteiger partial charge is 0.290 e. The van der Waals surface area contributed by atoms with Crippen LogP contribution in [0.5, 0.6) is 0 Å². The lowest BCUT2D eigenvalue weighted by molar-refractivity contribution is -0.115. The first-order chi connectivity index (χ1) is 16.6. The second-order valence-corrected chi connectivity index (χ2v) is 9.46. The molecule has 3 N–H and O–H groups in total. The second-order valence-electron chi connectivity index (χ2n) is 8.44. The van der Waals surface area contributed by atoms with Crippen LogP contribution in [0.15, 0.2) is 64.4 Å². The van der Waals surface area contributed by atoms with Gasteiger partial charge in [0.05, 0.1) is 23.1 Å². The molecule has 1 saturated heterocycles. The van der Waals surface area contributed by atoms with Crippen molar-refractivity contribution in [2.45, 2.75) is 44.3 Å². The summed E-state index contributed by atoms with van der Waals surface area (Å²) in [4.78, 5) is 32.2. The van der Waals surface area contributed by atoms with Crippen molar-refractivity contribution >= 4 is 34.9 Å². The molecule has 2 aliphatic rings. The molecule has 0 bridgehead atoms. The van der Waals surface area contributed by atoms with Gasteiger partial charge >= 0.3 is 0 Å². The molecule has 3 aromatic rings. The number of anilines is 1. The molecule has 2 aromatic heterocycles. The molecular weight excluding hydrogens is 450 g/mol. The highest BCUT2D eigenvalue weighted by molar-refractivity contribution is 8.18. The molecule has 34 heavy (non-hydrogen) atoms. The molecule has 2 amide bonds. The SMILES string of the molecule is O=C1NC(=O)C(=Cc2ccnc(NC3CCC(NCc4cccc(-c5ccoc5)c4)CC3)n2)S1. The van der Waals surface area contributed by atoms with Crippen molar-refractivity contribution < 1.29 is 14.0 Å². The number of rotatable bonds is 7. The van der Waals surface area contributed by atoms with Crippen LogP contribution in [-0.2, 0) is 11.3 Å². The lowest BCUT2D eigenvalue weighted by Gasteiger charge is -2.30. The van der Waals surface area contributed by atoms with Crippen LogP contribution < -0.4 is 16.0 Å². The Balaban J connectivity index is 1.11. The van der Waals surface area contributed by atoms with Crippen molar-refractivity contribution in [3.8, 4) is 11.1 Å². The number of imide groups is 1. The Bertz CT molecular complexity index is 1200. The van der Waals surface area contributed by atoms with Gasteiger partial charge in [0.15, 0.2) is 0 Å². The van der Waals surface area contributed by atoms with E-state index in [1.165, 1.54) is 5.56 Å². The van der Waals surface area contributed by atoms with Crippen molar-refractivity contribution in [2.24, 2.45) is 0 Å². The summed E-state index contributed by atoms with van der Waals surface area (Å²) in [6, 6.07) is 13.0. The van der Waals surface area contributed by atoms with Crippen LogP contribution in [-0.4, -0.2) is 33.2 Å². The number of hydrogen-bond donors (Lipinski definition) is 3. The minimum absolute atomic E-state index is 0.302. The van der Waals surface area contributed by atoms with E-state index in [-0.39, 0.29) is 11.1 Å². The molecule has 0 spiro atoms. The first kappa shape index (κ1) is 22.4. The van der Waals surface area contributed by atoms with Crippen molar-refractivity contribution in [1.82, 2.24) is 20.6 Å². The summed E-state index contributed by atoms with van der Waals surface area (Å²) in [6.45, 7) is 0.836. The highest BCUT2D eigenvalue weighted by atomic mass is 32.2. The third kappa shape index (κ3) is 5.55. The Morgan fingerprint density at radius 2 is 1.94 bits per heavy atom. The van der Waals surface area contributed by atoms with E-state index in [0.717, 1.165) is 55.1 Å². The summed E-state index contributed by atoms with van der Waals surface area (Å²) in [7, 11) is 0. The van der Waals surface area contributed by atoms with Crippen LogP contribution in [0, 0.1) is 0 Å². The zero-order valence-electron chi connectivity index (χ0n) is 18.5. The van der Waals surface area contributed by atoms with Gasteiger partial charge in [0.2, 0.25) is 5.95 Å². The van der Waals surface area contributed by atoms with Crippen LogP contribution >= 0.6 is 11.8 Å². The van der Waals surface area contributed by atoms with Crippen LogP contribution in [0.25, 0.3) is 17.2 Å². The molecule has 0 atom stereocenters. The fourth-order valence-electron chi connectivity index (χ4n) is 4.25. The van der Waals surface area contributed by atoms with Crippen molar-refractivity contribution in [3.05, 3.63) is 71.3 Å². The van der Waals surface area contributed by atoms with Gasteiger partial charge in [-0.05, 0) is 72.8 Å². The second kappa shape index (κ2) is 10.2. The molecule has 3 heterocycles. The first-order valence-corrected chi connectivity index (χ1v) is 12.1. The number of nitrogens with zero attached hydrogens (tertiary/aromatic N) is 2. The third-order valence-corrected chi connectivity index (χ3v) is 6.85. The maximum Gasteiger partial charge on any atom is 0.290 e. The van der Waals surface area contributed by atoms with Crippen molar-refractivity contribution in [1.29, 1.82) is 0 Å². The molecule has 1 aromatic carbocycles. The lowest BCUT2D eigenvalue weighted by atomic mass is 9.91. The van der Waals surface area contributed by atoms with E-state index in [2.05, 4.69) is 50.2 Å². The summed E-state index contributed by atoms with van der Waals surface area (Å²) in [5, 5.41) is 9.00. The first-order valence-electron chi connectivity index (χ1n) is 11.3. The van der Waals surface area contributed by atoms with Gasteiger partial charge < -0.3 is 15.1 Å². The van der Waals surface area contributed by atoms with E-state index in [4.69, 9.17) is 4.42 Å². The molecule has 1 aliphatic heterocycles. The van der Waals surface area contributed by atoms with E-state index < -0.39 is 0 Å². The number of carbonyl (C=O) groups excluding carboxylic acids is 2. The number of aromatic nitrogens is 2. The molecule has 1 saturated carbocycles. The summed E-state index contributed by atoms with van der Waals surface area (Å²) in [6.07, 6.45) is 10.9. The zero-order chi connectivity index (χ0) is 23.3. The third-order valence-electron chi connectivity index (χ3n) is 6.03. The fraction of sp³-hybridized carbons (Fsp3) is 0.280. The molecule has 1 aliphatic carbocycles. The van der Waals surface area contributed by atoms with E-state index in [1.807, 2.05) is 6.07 Å². The Morgan fingerprint density at radius 3 is 2.71 bits per heavy atom. The van der Waals surface area contributed by atoms with E-state index in [0.29, 0.717) is 28.6 Å². The quantitative estimate of drug-likeness (QED) is 0.426. The number of nitrogens with one attached hydrogen (secondary N) is 3. The van der Waals surface area contributed by atoms with Gasteiger partial charge in [0.1, 0.15) is 0 Å². The maximum atomic E-state index is 11.7. The minimum Gasteiger partial charge on any atom is -0.472 e. The van der Waals surface area contributed by atoms with Crippen LogP contribution in [0.4, 0.5) is 10.7 Å². The Morgan fingerprint density at radius 1 is 1.09 bits per heavy atom. The minimum atomic E-state index is -0.387. The maximum absolute atomic E-state index is 11.7. The zero-order valence-corrected chi connectivity index (χ0v) is 19.3. The number of furan rings is 1. The highest BCUT2D eigenvalue weighted by Crippen LogP contribution is 2.26. The number of hydrogen-bond acceptors (Lipinski definition) is 8. The standard InChI is InChI=1S/C25H25N5O3S/c31-23-22(34-25(32)30-23)13-21-8-10-26-24(29-21)28-20-6-4-19(5-7-20)27-14-16-2-1-3-17(12-16)18-9-11-33-15-18/h1-3,8-13,15,19-20,27H,4-7,14H2,(H,26,28,29)(H,30,31,32). The molecule has 5 rings (SSSR count). The van der Waals surface area contributed by atoms with Crippen molar-refractivity contribution in [3.63, 3.8) is 0 Å². The number of carbonyl (C=O) groups is 2. The summed E-state index contributed by atoms with van der Waals surface area (Å²) >= 11 is 0.883. The van der Waals surface area contributed by atoms with E-state index in [1.54, 1.807) is 30.9 Å². The normalized spacial score (nSPS) is 21.6. The van der Waals surface area contributed by atoms with Gasteiger partial charge in [-0.3, -0.25) is 14.9 Å². The molecular formula is C25H25N5O3S. The highest BCUT2D eigenvalue weighted by Gasteiger charge is 2.25. The van der Waals surface area contributed by atoms with Gasteiger partial charge in [0, 0.05) is 30.4 Å². The Kier molecular flexibility index (Phi) is 6.73. The van der Waals surface area contributed by atoms with Gasteiger partial charge in [-0.15, -0.1) is 0 Å². The average molecular weight is 476 g/mol. The van der Waals surface area contributed by atoms with Crippen LogP contribution in [0.3, 0.4) is 0 Å². The van der Waals surface area contributed by atoms with Crippen LogP contribution in [0.2, 0.25) is 0 Å². The predicted octanol–water partition coefficient (Wildman–Crippen LogP) is 4.57. The molecule has 8 nitrogen and oxygen atoms in total. The number of amides is 2. The van der Waals surface area contributed by atoms with E-state index in [9.17, 15) is 9.59 Å². The largest absolute Gasteiger partial charge is 0.472 e. The van der Waals surface area contributed by atoms with Crippen LogP contribution in [0.1, 0.15) is 36.9 Å². The molecule has 174 valence electrons. The summed E-state index contributed by atoms with van der Waals surface area (Å²) < 4.78 is 5.20. The Labute approximate surface area is 201 Å². The monoisotopic (exact) mass is 475 g/mol. The van der Waals surface area contributed by atoms with Gasteiger partial charge in [-0.2, -0.15) is 0 Å². The number of benzene rings is 1. The lowest BCUT2D eigenvalue weighted by Crippen LogP contribution is -2.36. The van der Waals surface area contributed by atoms with Gasteiger partial charge in [-0.25, -0.2) is 9.97 Å². The summed E-state index contributed by atoms with van der Waals surface area (Å²) in [5.41, 5.74) is 4.11. The molecule has 9 heteroatoms. The number of thioether (sulfide) groups is 1. The molecule has 0 unspecified atom stereocenters. The Hall–Kier alpha value is -3.43.